The van der Waals surface area contributed by atoms with Gasteiger partial charge in [0.05, 0.1) is 19.3 Å². The molecular formula is C19H23N5O4. The van der Waals surface area contributed by atoms with Gasteiger partial charge in [-0.25, -0.2) is 4.79 Å². The van der Waals surface area contributed by atoms with E-state index in [0.717, 1.165) is 11.1 Å². The van der Waals surface area contributed by atoms with Gasteiger partial charge < -0.3 is 20.7 Å². The maximum atomic E-state index is 12.6. The minimum atomic E-state index is -1.31. The van der Waals surface area contributed by atoms with Crippen LogP contribution in [0, 0.1) is 0 Å². The molecule has 1 fully saturated rings. The molecule has 0 bridgehead atoms. The number of hydrogen-bond donors (Lipinski definition) is 3. The molecule has 28 heavy (non-hydrogen) atoms. The van der Waals surface area contributed by atoms with E-state index in [0.29, 0.717) is 5.56 Å². The molecule has 4 N–H and O–H groups in total. The quantitative estimate of drug-likeness (QED) is 0.730. The number of nitrogens with zero attached hydrogens (tertiary/aromatic N) is 2. The number of rotatable bonds is 4. The fourth-order valence-corrected chi connectivity index (χ4v) is 2.87. The number of aromatic nitrogens is 2. The van der Waals surface area contributed by atoms with Crippen molar-refractivity contribution in [1.82, 2.24) is 20.4 Å². The Morgan fingerprint density at radius 3 is 2.32 bits per heavy atom. The molecule has 1 aromatic heterocycles. The van der Waals surface area contributed by atoms with Gasteiger partial charge in [-0.05, 0) is 38.5 Å². The maximum absolute atomic E-state index is 12.6. The number of hydrogen-bond acceptors (Lipinski definition) is 5. The van der Waals surface area contributed by atoms with Crippen LogP contribution in [0.2, 0.25) is 0 Å². The first-order valence-electron chi connectivity index (χ1n) is 8.79. The molecule has 0 unspecified atom stereocenters. The summed E-state index contributed by atoms with van der Waals surface area (Å²) in [5.74, 6) is -1.14. The van der Waals surface area contributed by atoms with E-state index >= 15 is 0 Å². The van der Waals surface area contributed by atoms with Crippen molar-refractivity contribution in [3.8, 4) is 11.1 Å². The number of ether oxygens (including phenoxy) is 1. The third-order valence-electron chi connectivity index (χ3n) is 4.38. The lowest BCUT2D eigenvalue weighted by Crippen LogP contribution is -2.76. The molecule has 0 aliphatic carbocycles. The Morgan fingerprint density at radius 1 is 1.18 bits per heavy atom. The fraction of sp³-hybridized carbons (Fsp3) is 0.368. The number of nitrogens with two attached hydrogens (primary N) is 1. The van der Waals surface area contributed by atoms with Crippen molar-refractivity contribution in [2.45, 2.75) is 31.9 Å². The Balaban J connectivity index is 1.66. The summed E-state index contributed by atoms with van der Waals surface area (Å²) in [6, 6.07) is 6.86. The predicted octanol–water partition coefficient (Wildman–Crippen LogP) is 1.28. The van der Waals surface area contributed by atoms with E-state index in [2.05, 4.69) is 15.5 Å². The second-order valence-corrected chi connectivity index (χ2v) is 7.80. The lowest BCUT2D eigenvalue weighted by molar-refractivity contribution is -0.130. The number of benzene rings is 1. The van der Waals surface area contributed by atoms with Gasteiger partial charge in [-0.2, -0.15) is 5.10 Å². The third kappa shape index (κ3) is 3.98. The largest absolute Gasteiger partial charge is 0.444 e. The fourth-order valence-electron chi connectivity index (χ4n) is 2.87. The van der Waals surface area contributed by atoms with Crippen molar-refractivity contribution in [3.63, 3.8) is 0 Å². The molecule has 9 heteroatoms. The topological polar surface area (TPSA) is 130 Å². The molecule has 2 aromatic rings. The van der Waals surface area contributed by atoms with Gasteiger partial charge in [0, 0.05) is 17.3 Å². The Morgan fingerprint density at radius 2 is 1.82 bits per heavy atom. The zero-order valence-corrected chi connectivity index (χ0v) is 16.0. The summed E-state index contributed by atoms with van der Waals surface area (Å²) in [5, 5.41) is 9.28. The molecule has 148 valence electrons. The number of likely N-dealkylation sites (tertiary alicyclic amines) is 1. The summed E-state index contributed by atoms with van der Waals surface area (Å²) in [6.07, 6.45) is 2.87. The van der Waals surface area contributed by atoms with Crippen LogP contribution in [0.5, 0.6) is 0 Å². The van der Waals surface area contributed by atoms with Crippen LogP contribution in [-0.2, 0) is 9.53 Å². The number of amides is 3. The SMILES string of the molecule is CC(C)(C)OC(=O)N1CC(NC(=O)c2ccc(-c3cn[nH]c3)cc2)(C(N)=O)C1. The Hall–Kier alpha value is -3.36. The lowest BCUT2D eigenvalue weighted by atomic mass is 9.88. The predicted molar refractivity (Wildman–Crippen MR) is 101 cm³/mol. The Labute approximate surface area is 162 Å². The highest BCUT2D eigenvalue weighted by Crippen LogP contribution is 2.25. The van der Waals surface area contributed by atoms with Crippen molar-refractivity contribution in [2.24, 2.45) is 5.73 Å². The molecule has 0 spiro atoms. The number of carbonyl (C=O) groups excluding carboxylic acids is 3. The van der Waals surface area contributed by atoms with Gasteiger partial charge in [-0.1, -0.05) is 12.1 Å². The van der Waals surface area contributed by atoms with Crippen molar-refractivity contribution in [1.29, 1.82) is 0 Å². The van der Waals surface area contributed by atoms with Gasteiger partial charge in [0.2, 0.25) is 5.91 Å². The number of carbonyl (C=O) groups is 3. The first-order valence-corrected chi connectivity index (χ1v) is 8.79. The van der Waals surface area contributed by atoms with E-state index in [1.54, 1.807) is 57.4 Å². The molecule has 1 aromatic carbocycles. The summed E-state index contributed by atoms with van der Waals surface area (Å²) in [6.45, 7) is 5.19. The summed E-state index contributed by atoms with van der Waals surface area (Å²) in [4.78, 5) is 38.0. The van der Waals surface area contributed by atoms with Crippen LogP contribution in [-0.4, -0.2) is 57.2 Å². The zero-order valence-electron chi connectivity index (χ0n) is 16.0. The smallest absolute Gasteiger partial charge is 0.410 e. The van der Waals surface area contributed by atoms with Crippen molar-refractivity contribution < 1.29 is 19.1 Å². The van der Waals surface area contributed by atoms with Gasteiger partial charge in [0.1, 0.15) is 5.60 Å². The van der Waals surface area contributed by atoms with Gasteiger partial charge in [-0.15, -0.1) is 0 Å². The van der Waals surface area contributed by atoms with E-state index in [-0.39, 0.29) is 13.1 Å². The van der Waals surface area contributed by atoms with Gasteiger partial charge in [-0.3, -0.25) is 14.7 Å². The first-order chi connectivity index (χ1) is 13.1. The third-order valence-corrected chi connectivity index (χ3v) is 4.38. The van der Waals surface area contributed by atoms with Crippen LogP contribution >= 0.6 is 0 Å². The monoisotopic (exact) mass is 385 g/mol. The van der Waals surface area contributed by atoms with Crippen molar-refractivity contribution in [3.05, 3.63) is 42.2 Å². The second kappa shape index (κ2) is 6.99. The summed E-state index contributed by atoms with van der Waals surface area (Å²) < 4.78 is 5.27. The minimum Gasteiger partial charge on any atom is -0.444 e. The Bertz CT molecular complexity index is 878. The van der Waals surface area contributed by atoms with Crippen LogP contribution in [0.1, 0.15) is 31.1 Å². The summed E-state index contributed by atoms with van der Waals surface area (Å²) >= 11 is 0. The summed E-state index contributed by atoms with van der Waals surface area (Å²) in [7, 11) is 0. The van der Waals surface area contributed by atoms with E-state index in [9.17, 15) is 14.4 Å². The van der Waals surface area contributed by atoms with Crippen LogP contribution < -0.4 is 11.1 Å². The van der Waals surface area contributed by atoms with Crippen LogP contribution in [0.15, 0.2) is 36.7 Å². The molecule has 1 saturated heterocycles. The van der Waals surface area contributed by atoms with Crippen molar-refractivity contribution in [2.75, 3.05) is 13.1 Å². The maximum Gasteiger partial charge on any atom is 0.410 e. The molecule has 0 radical (unpaired) electrons. The number of H-pyrrole nitrogens is 1. The molecule has 1 aliphatic heterocycles. The van der Waals surface area contributed by atoms with Crippen LogP contribution in [0.4, 0.5) is 4.79 Å². The highest BCUT2D eigenvalue weighted by atomic mass is 16.6. The van der Waals surface area contributed by atoms with Crippen molar-refractivity contribution >= 4 is 17.9 Å². The summed E-state index contributed by atoms with van der Waals surface area (Å²) in [5.41, 5.74) is 5.71. The molecular weight excluding hydrogens is 362 g/mol. The lowest BCUT2D eigenvalue weighted by Gasteiger charge is -2.47. The van der Waals surface area contributed by atoms with E-state index in [4.69, 9.17) is 10.5 Å². The van der Waals surface area contributed by atoms with E-state index < -0.39 is 29.0 Å². The normalized spacial score (nSPS) is 15.5. The van der Waals surface area contributed by atoms with Crippen LogP contribution in [0.3, 0.4) is 0 Å². The number of primary amides is 1. The molecule has 0 saturated carbocycles. The van der Waals surface area contributed by atoms with E-state index in [1.807, 2.05) is 0 Å². The molecule has 9 nitrogen and oxygen atoms in total. The van der Waals surface area contributed by atoms with Crippen LogP contribution in [0.25, 0.3) is 11.1 Å². The molecule has 2 heterocycles. The van der Waals surface area contributed by atoms with E-state index in [1.165, 1.54) is 4.90 Å². The highest BCUT2D eigenvalue weighted by molar-refractivity contribution is 6.00. The van der Waals surface area contributed by atoms with Gasteiger partial charge in [0.15, 0.2) is 5.54 Å². The average molecular weight is 385 g/mol. The number of nitrogens with one attached hydrogen (secondary N) is 2. The zero-order chi connectivity index (χ0) is 20.5. The van der Waals surface area contributed by atoms with Gasteiger partial charge in [0.25, 0.3) is 5.91 Å². The standard InChI is InChI=1S/C19H23N5O4/c1-18(2,3)28-17(27)24-10-19(11-24,16(20)26)23-15(25)13-6-4-12(5-7-13)14-8-21-22-9-14/h4-9H,10-11H2,1-3H3,(H2,20,26)(H,21,22)(H,23,25). The first kappa shape index (κ1) is 19.4. The Kier molecular flexibility index (Phi) is 4.84. The molecule has 1 aliphatic rings. The second-order valence-electron chi connectivity index (χ2n) is 7.80. The minimum absolute atomic E-state index is 0.0317. The average Bonchev–Trinajstić information content (AvgIpc) is 3.10. The van der Waals surface area contributed by atoms with Gasteiger partial charge >= 0.3 is 6.09 Å². The highest BCUT2D eigenvalue weighted by Gasteiger charge is 2.52. The molecule has 0 atom stereocenters. The molecule has 3 amide bonds. The number of aromatic amines is 1. The molecule has 3 rings (SSSR count).